The van der Waals surface area contributed by atoms with Crippen LogP contribution in [-0.2, 0) is 11.3 Å². The van der Waals surface area contributed by atoms with Gasteiger partial charge in [0, 0.05) is 35.9 Å². The molecule has 174 valence electrons. The number of nitrogens with one attached hydrogen (secondary N) is 1. The van der Waals surface area contributed by atoms with E-state index in [0.29, 0.717) is 5.75 Å². The Balaban J connectivity index is 1.16. The van der Waals surface area contributed by atoms with Gasteiger partial charge in [-0.25, -0.2) is 9.97 Å². The maximum atomic E-state index is 12.7. The molecule has 5 nitrogen and oxygen atoms in total. The van der Waals surface area contributed by atoms with Crippen molar-refractivity contribution in [1.82, 2.24) is 20.2 Å². The van der Waals surface area contributed by atoms with Crippen LogP contribution in [-0.4, -0.2) is 45.7 Å². The van der Waals surface area contributed by atoms with Gasteiger partial charge < -0.3 is 5.32 Å². The molecule has 4 aromatic rings. The van der Waals surface area contributed by atoms with Crippen LogP contribution < -0.4 is 5.32 Å². The summed E-state index contributed by atoms with van der Waals surface area (Å²) < 4.78 is 0. The van der Waals surface area contributed by atoms with E-state index in [4.69, 9.17) is 0 Å². The zero-order valence-corrected chi connectivity index (χ0v) is 20.9. The summed E-state index contributed by atoms with van der Waals surface area (Å²) in [5, 5.41) is 5.15. The zero-order valence-electron chi connectivity index (χ0n) is 19.2. The van der Waals surface area contributed by atoms with Crippen molar-refractivity contribution in [3.8, 4) is 10.4 Å². The summed E-state index contributed by atoms with van der Waals surface area (Å²) in [5.41, 5.74) is 2.52. The number of carbonyl (C=O) groups is 1. The van der Waals surface area contributed by atoms with Crippen LogP contribution in [0.2, 0.25) is 0 Å². The highest BCUT2D eigenvalue weighted by atomic mass is 32.2. The van der Waals surface area contributed by atoms with Crippen LogP contribution in [0.3, 0.4) is 0 Å². The number of hydrogen-bond acceptors (Lipinski definition) is 6. The lowest BCUT2D eigenvalue weighted by molar-refractivity contribution is -0.119. The van der Waals surface area contributed by atoms with Crippen molar-refractivity contribution < 1.29 is 4.79 Å². The second-order valence-corrected chi connectivity index (χ2v) is 10.7. The first-order valence-corrected chi connectivity index (χ1v) is 13.5. The van der Waals surface area contributed by atoms with E-state index in [-0.39, 0.29) is 11.9 Å². The Morgan fingerprint density at radius 3 is 2.50 bits per heavy atom. The maximum Gasteiger partial charge on any atom is 0.230 e. The third-order valence-electron chi connectivity index (χ3n) is 6.07. The summed E-state index contributed by atoms with van der Waals surface area (Å²) in [4.78, 5) is 26.6. The normalized spacial score (nSPS) is 15.0. The average molecular weight is 489 g/mol. The fourth-order valence-electron chi connectivity index (χ4n) is 4.33. The fraction of sp³-hybridized carbons (Fsp3) is 0.296. The first-order chi connectivity index (χ1) is 16.6. The molecule has 1 aliphatic rings. The van der Waals surface area contributed by atoms with Crippen LogP contribution in [0.4, 0.5) is 0 Å². The number of aryl methyl sites for hydroxylation is 1. The number of hydrogen-bond donors (Lipinski definition) is 1. The summed E-state index contributed by atoms with van der Waals surface area (Å²) in [6, 6.07) is 23.3. The number of piperidine rings is 1. The predicted octanol–water partition coefficient (Wildman–Crippen LogP) is 5.54. The molecule has 7 heteroatoms. The van der Waals surface area contributed by atoms with Gasteiger partial charge >= 0.3 is 0 Å². The number of benzene rings is 2. The van der Waals surface area contributed by atoms with Crippen molar-refractivity contribution in [2.75, 3.05) is 18.8 Å². The van der Waals surface area contributed by atoms with E-state index in [2.05, 4.69) is 68.7 Å². The number of fused-ring (bicyclic) bond motifs is 1. The number of nitrogens with zero attached hydrogens (tertiary/aromatic N) is 3. The Morgan fingerprint density at radius 2 is 1.76 bits per heavy atom. The Bertz CT molecular complexity index is 1250. The molecular formula is C27H28N4OS2. The molecule has 0 aliphatic carbocycles. The van der Waals surface area contributed by atoms with Crippen molar-refractivity contribution in [2.24, 2.45) is 0 Å². The van der Waals surface area contributed by atoms with Gasteiger partial charge in [-0.1, -0.05) is 72.4 Å². The van der Waals surface area contributed by atoms with Crippen molar-refractivity contribution in [3.63, 3.8) is 0 Å². The Hall–Kier alpha value is -2.74. The van der Waals surface area contributed by atoms with Crippen LogP contribution in [0, 0.1) is 6.92 Å². The average Bonchev–Trinajstić information content (AvgIpc) is 3.29. The summed E-state index contributed by atoms with van der Waals surface area (Å²) >= 11 is 3.18. The van der Waals surface area contributed by atoms with Gasteiger partial charge in [-0.3, -0.25) is 9.69 Å². The molecule has 0 radical (unpaired) electrons. The molecule has 0 unspecified atom stereocenters. The monoisotopic (exact) mass is 488 g/mol. The molecule has 0 saturated carbocycles. The molecule has 5 rings (SSSR count). The number of aromatic nitrogens is 2. The molecule has 1 saturated heterocycles. The summed E-state index contributed by atoms with van der Waals surface area (Å²) in [6.07, 6.45) is 1.98. The van der Waals surface area contributed by atoms with Crippen LogP contribution in [0.25, 0.3) is 20.7 Å². The molecule has 0 atom stereocenters. The Labute approximate surface area is 208 Å². The second-order valence-electron chi connectivity index (χ2n) is 8.66. The Morgan fingerprint density at radius 1 is 1.06 bits per heavy atom. The first kappa shape index (κ1) is 23.0. The van der Waals surface area contributed by atoms with E-state index >= 15 is 0 Å². The van der Waals surface area contributed by atoms with E-state index in [1.807, 2.05) is 25.1 Å². The minimum Gasteiger partial charge on any atom is -0.353 e. The SMILES string of the molecule is Cc1nc(SCC(=O)NC2CCN(Cc3ccccc3)CC2)c2cc(-c3ccccc3)sc2n1. The standard InChI is InChI=1S/C27H28N4OS2/c1-19-28-26(23-16-24(34-27(23)29-19)21-10-6-3-7-11-21)33-18-25(32)30-22-12-14-31(15-13-22)17-20-8-4-2-5-9-20/h2-11,16,22H,12-15,17-18H2,1H3,(H,30,32). The summed E-state index contributed by atoms with van der Waals surface area (Å²) in [6.45, 7) is 4.91. The van der Waals surface area contributed by atoms with E-state index in [0.717, 1.165) is 53.5 Å². The molecule has 2 aromatic heterocycles. The summed E-state index contributed by atoms with van der Waals surface area (Å²) in [5.74, 6) is 1.18. The van der Waals surface area contributed by atoms with Gasteiger partial charge in [0.25, 0.3) is 0 Å². The van der Waals surface area contributed by atoms with E-state index < -0.39 is 0 Å². The van der Waals surface area contributed by atoms with Gasteiger partial charge in [0.05, 0.1) is 5.75 Å². The molecule has 34 heavy (non-hydrogen) atoms. The lowest BCUT2D eigenvalue weighted by Crippen LogP contribution is -2.44. The Kier molecular flexibility index (Phi) is 7.23. The van der Waals surface area contributed by atoms with Crippen molar-refractivity contribution >= 4 is 39.2 Å². The third-order valence-corrected chi connectivity index (χ3v) is 8.14. The van der Waals surface area contributed by atoms with Crippen LogP contribution >= 0.6 is 23.1 Å². The van der Waals surface area contributed by atoms with E-state index in [1.165, 1.54) is 27.8 Å². The topological polar surface area (TPSA) is 58.1 Å². The van der Waals surface area contributed by atoms with Crippen molar-refractivity contribution in [2.45, 2.75) is 37.4 Å². The maximum absolute atomic E-state index is 12.7. The molecule has 0 spiro atoms. The predicted molar refractivity (Wildman–Crippen MR) is 141 cm³/mol. The molecule has 1 amide bonds. The van der Waals surface area contributed by atoms with Gasteiger partial charge in [0.15, 0.2) is 0 Å². The first-order valence-electron chi connectivity index (χ1n) is 11.7. The number of carbonyl (C=O) groups excluding carboxylic acids is 1. The number of thioether (sulfide) groups is 1. The lowest BCUT2D eigenvalue weighted by atomic mass is 10.0. The highest BCUT2D eigenvalue weighted by Gasteiger charge is 2.21. The molecule has 3 heterocycles. The largest absolute Gasteiger partial charge is 0.353 e. The minimum atomic E-state index is 0.0782. The van der Waals surface area contributed by atoms with E-state index in [1.54, 1.807) is 11.3 Å². The van der Waals surface area contributed by atoms with Crippen molar-refractivity contribution in [3.05, 3.63) is 78.1 Å². The smallest absolute Gasteiger partial charge is 0.230 e. The molecule has 1 fully saturated rings. The highest BCUT2D eigenvalue weighted by Crippen LogP contribution is 2.36. The molecule has 1 aliphatic heterocycles. The van der Waals surface area contributed by atoms with Crippen molar-refractivity contribution in [1.29, 1.82) is 0 Å². The second kappa shape index (κ2) is 10.7. The van der Waals surface area contributed by atoms with Gasteiger partial charge in [-0.05, 0) is 37.0 Å². The number of rotatable bonds is 7. The third kappa shape index (κ3) is 5.66. The number of amides is 1. The molecule has 2 aromatic carbocycles. The van der Waals surface area contributed by atoms with Gasteiger partial charge in [0.2, 0.25) is 5.91 Å². The number of thiophene rings is 1. The van der Waals surface area contributed by atoms with Crippen LogP contribution in [0.1, 0.15) is 24.2 Å². The molecular weight excluding hydrogens is 460 g/mol. The van der Waals surface area contributed by atoms with Gasteiger partial charge in [-0.15, -0.1) is 11.3 Å². The molecule has 0 bridgehead atoms. The van der Waals surface area contributed by atoms with Crippen LogP contribution in [0.5, 0.6) is 0 Å². The fourth-order valence-corrected chi connectivity index (χ4v) is 6.34. The van der Waals surface area contributed by atoms with Crippen LogP contribution in [0.15, 0.2) is 71.8 Å². The summed E-state index contributed by atoms with van der Waals surface area (Å²) in [7, 11) is 0. The zero-order chi connectivity index (χ0) is 23.3. The molecule has 1 N–H and O–H groups in total. The quantitative estimate of drug-likeness (QED) is 0.273. The lowest BCUT2D eigenvalue weighted by Gasteiger charge is -2.32. The number of likely N-dealkylation sites (tertiary alicyclic amines) is 1. The van der Waals surface area contributed by atoms with Gasteiger partial charge in [-0.2, -0.15) is 0 Å². The minimum absolute atomic E-state index is 0.0782. The van der Waals surface area contributed by atoms with E-state index in [9.17, 15) is 4.79 Å². The highest BCUT2D eigenvalue weighted by molar-refractivity contribution is 8.00. The van der Waals surface area contributed by atoms with Gasteiger partial charge in [0.1, 0.15) is 15.7 Å².